The molecule has 0 aliphatic heterocycles. The van der Waals surface area contributed by atoms with Crippen LogP contribution in [-0.2, 0) is 4.74 Å². The summed E-state index contributed by atoms with van der Waals surface area (Å²) in [5.41, 5.74) is 0.830. The lowest BCUT2D eigenvalue weighted by molar-refractivity contribution is 0.181. The lowest BCUT2D eigenvalue weighted by atomic mass is 10.1. The second-order valence-electron chi connectivity index (χ2n) is 2.41. The summed E-state index contributed by atoms with van der Waals surface area (Å²) in [6, 6.07) is 1.70. The van der Waals surface area contributed by atoms with E-state index in [-0.39, 0.29) is 5.92 Å². The molecule has 1 heterocycles. The second-order valence-corrected chi connectivity index (χ2v) is 2.78. The molecule has 1 aromatic heterocycles. The van der Waals surface area contributed by atoms with Crippen LogP contribution >= 0.6 is 11.6 Å². The Morgan fingerprint density at radius 1 is 1.82 bits per heavy atom. The minimum atomic E-state index is 0.233. The first-order valence-electron chi connectivity index (χ1n) is 3.35. The van der Waals surface area contributed by atoms with E-state index in [0.717, 1.165) is 5.69 Å². The van der Waals surface area contributed by atoms with Gasteiger partial charge in [0.05, 0.1) is 12.3 Å². The molecule has 11 heavy (non-hydrogen) atoms. The first kappa shape index (κ1) is 8.56. The number of ether oxygens (including phenoxy) is 1. The van der Waals surface area contributed by atoms with Crippen molar-refractivity contribution in [1.29, 1.82) is 0 Å². The molecular weight excluding hydrogens is 166 g/mol. The first-order chi connectivity index (χ1) is 5.24. The van der Waals surface area contributed by atoms with Crippen molar-refractivity contribution in [2.45, 2.75) is 12.8 Å². The van der Waals surface area contributed by atoms with E-state index in [1.807, 2.05) is 6.92 Å². The minimum absolute atomic E-state index is 0.233. The van der Waals surface area contributed by atoms with Crippen molar-refractivity contribution in [2.24, 2.45) is 0 Å². The molecule has 0 aliphatic carbocycles. The maximum absolute atomic E-state index is 5.53. The molecule has 3 nitrogen and oxygen atoms in total. The van der Waals surface area contributed by atoms with Gasteiger partial charge >= 0.3 is 0 Å². The fourth-order valence-corrected chi connectivity index (χ4v) is 0.979. The molecule has 0 aliphatic rings. The van der Waals surface area contributed by atoms with E-state index in [0.29, 0.717) is 11.8 Å². The molecule has 0 radical (unpaired) electrons. The van der Waals surface area contributed by atoms with Crippen molar-refractivity contribution in [1.82, 2.24) is 5.16 Å². The SMILES string of the molecule is COCC(C)c1cc(Cl)on1. The van der Waals surface area contributed by atoms with Crippen LogP contribution in [0.2, 0.25) is 5.22 Å². The molecule has 62 valence electrons. The third-order valence-electron chi connectivity index (χ3n) is 1.42. The Hall–Kier alpha value is -0.540. The quantitative estimate of drug-likeness (QED) is 0.706. The molecule has 0 N–H and O–H groups in total. The van der Waals surface area contributed by atoms with Gasteiger partial charge in [-0.2, -0.15) is 0 Å². The number of nitrogens with zero attached hydrogens (tertiary/aromatic N) is 1. The van der Waals surface area contributed by atoms with Crippen molar-refractivity contribution >= 4 is 11.6 Å². The zero-order chi connectivity index (χ0) is 8.27. The smallest absolute Gasteiger partial charge is 0.226 e. The Balaban J connectivity index is 2.60. The molecule has 1 unspecified atom stereocenters. The van der Waals surface area contributed by atoms with Crippen LogP contribution < -0.4 is 0 Å². The summed E-state index contributed by atoms with van der Waals surface area (Å²) in [5, 5.41) is 4.07. The van der Waals surface area contributed by atoms with E-state index >= 15 is 0 Å². The topological polar surface area (TPSA) is 35.3 Å². The Morgan fingerprint density at radius 3 is 3.00 bits per heavy atom. The van der Waals surface area contributed by atoms with Gasteiger partial charge in [-0.05, 0) is 11.6 Å². The molecule has 0 spiro atoms. The molecule has 0 saturated heterocycles. The van der Waals surface area contributed by atoms with E-state index in [1.165, 1.54) is 0 Å². The number of aromatic nitrogens is 1. The molecule has 1 rings (SSSR count). The standard InChI is InChI=1S/C7H10ClNO2/c1-5(4-10-2)6-3-7(8)11-9-6/h3,5H,4H2,1-2H3. The summed E-state index contributed by atoms with van der Waals surface area (Å²) in [6.07, 6.45) is 0. The molecule has 0 amide bonds. The van der Waals surface area contributed by atoms with Crippen molar-refractivity contribution in [3.8, 4) is 0 Å². The zero-order valence-corrected chi connectivity index (χ0v) is 7.26. The van der Waals surface area contributed by atoms with Crippen molar-refractivity contribution in [3.63, 3.8) is 0 Å². The highest BCUT2D eigenvalue weighted by Gasteiger charge is 2.09. The number of rotatable bonds is 3. The van der Waals surface area contributed by atoms with E-state index in [9.17, 15) is 0 Å². The van der Waals surface area contributed by atoms with Crippen LogP contribution in [-0.4, -0.2) is 18.9 Å². The van der Waals surface area contributed by atoms with Gasteiger partial charge in [0, 0.05) is 19.1 Å². The summed E-state index contributed by atoms with van der Waals surface area (Å²) in [5.74, 6) is 0.233. The average Bonchev–Trinajstić information content (AvgIpc) is 2.36. The Morgan fingerprint density at radius 2 is 2.55 bits per heavy atom. The lowest BCUT2D eigenvalue weighted by Gasteiger charge is -2.03. The Labute approximate surface area is 70.3 Å². The summed E-state index contributed by atoms with van der Waals surface area (Å²) in [4.78, 5) is 0. The van der Waals surface area contributed by atoms with E-state index < -0.39 is 0 Å². The van der Waals surface area contributed by atoms with Crippen LogP contribution in [0.15, 0.2) is 10.6 Å². The van der Waals surface area contributed by atoms with E-state index in [1.54, 1.807) is 13.2 Å². The molecular formula is C7H10ClNO2. The van der Waals surface area contributed by atoms with Crippen LogP contribution in [0.25, 0.3) is 0 Å². The van der Waals surface area contributed by atoms with Gasteiger partial charge < -0.3 is 9.26 Å². The summed E-state index contributed by atoms with van der Waals surface area (Å²) >= 11 is 5.53. The first-order valence-corrected chi connectivity index (χ1v) is 3.73. The van der Waals surface area contributed by atoms with Gasteiger partial charge in [-0.25, -0.2) is 0 Å². The van der Waals surface area contributed by atoms with Gasteiger partial charge in [0.1, 0.15) is 0 Å². The number of halogens is 1. The number of methoxy groups -OCH3 is 1. The maximum atomic E-state index is 5.53. The third-order valence-corrected chi connectivity index (χ3v) is 1.60. The van der Waals surface area contributed by atoms with E-state index in [2.05, 4.69) is 5.16 Å². The third kappa shape index (κ3) is 2.20. The molecule has 0 fully saturated rings. The van der Waals surface area contributed by atoms with Gasteiger partial charge in [-0.3, -0.25) is 0 Å². The maximum Gasteiger partial charge on any atom is 0.226 e. The molecule has 0 aromatic carbocycles. The van der Waals surface area contributed by atoms with Gasteiger partial charge in [0.25, 0.3) is 0 Å². The van der Waals surface area contributed by atoms with Gasteiger partial charge in [0.2, 0.25) is 5.22 Å². The predicted molar refractivity (Wildman–Crippen MR) is 41.8 cm³/mol. The van der Waals surface area contributed by atoms with Crippen molar-refractivity contribution in [3.05, 3.63) is 17.0 Å². The van der Waals surface area contributed by atoms with Crippen LogP contribution in [0.4, 0.5) is 0 Å². The highest BCUT2D eigenvalue weighted by atomic mass is 35.5. The fourth-order valence-electron chi connectivity index (χ4n) is 0.833. The highest BCUT2D eigenvalue weighted by Crippen LogP contribution is 2.17. The Bertz CT molecular complexity index is 224. The van der Waals surface area contributed by atoms with Crippen LogP contribution in [0.5, 0.6) is 0 Å². The second kappa shape index (κ2) is 3.74. The number of hydrogen-bond acceptors (Lipinski definition) is 3. The summed E-state index contributed by atoms with van der Waals surface area (Å²) in [7, 11) is 1.65. The largest absolute Gasteiger partial charge is 0.384 e. The number of hydrogen-bond donors (Lipinski definition) is 0. The molecule has 1 atom stereocenters. The van der Waals surface area contributed by atoms with Gasteiger partial charge in [0.15, 0.2) is 0 Å². The zero-order valence-electron chi connectivity index (χ0n) is 6.50. The van der Waals surface area contributed by atoms with Crippen LogP contribution in [0, 0.1) is 0 Å². The van der Waals surface area contributed by atoms with Crippen LogP contribution in [0.3, 0.4) is 0 Å². The Kier molecular flexibility index (Phi) is 2.91. The van der Waals surface area contributed by atoms with Gasteiger partial charge in [-0.15, -0.1) is 0 Å². The molecule has 4 heteroatoms. The average molecular weight is 176 g/mol. The summed E-state index contributed by atoms with van der Waals surface area (Å²) in [6.45, 7) is 2.63. The molecule has 0 bridgehead atoms. The van der Waals surface area contributed by atoms with Crippen molar-refractivity contribution in [2.75, 3.05) is 13.7 Å². The minimum Gasteiger partial charge on any atom is -0.384 e. The summed E-state index contributed by atoms with van der Waals surface area (Å²) < 4.78 is 9.63. The van der Waals surface area contributed by atoms with Crippen molar-refractivity contribution < 1.29 is 9.26 Å². The molecule has 0 saturated carbocycles. The normalized spacial score (nSPS) is 13.4. The lowest BCUT2D eigenvalue weighted by Crippen LogP contribution is -2.01. The monoisotopic (exact) mass is 175 g/mol. The van der Waals surface area contributed by atoms with Gasteiger partial charge in [-0.1, -0.05) is 12.1 Å². The highest BCUT2D eigenvalue weighted by molar-refractivity contribution is 6.28. The fraction of sp³-hybridized carbons (Fsp3) is 0.571. The van der Waals surface area contributed by atoms with E-state index in [4.69, 9.17) is 20.9 Å². The predicted octanol–water partition coefficient (Wildman–Crippen LogP) is 2.08. The van der Waals surface area contributed by atoms with Crippen LogP contribution in [0.1, 0.15) is 18.5 Å². The molecule has 1 aromatic rings.